The maximum Gasteiger partial charge on any atom is 0.317 e. The van der Waals surface area contributed by atoms with Crippen LogP contribution in [0.3, 0.4) is 0 Å². The van der Waals surface area contributed by atoms with Crippen molar-refractivity contribution in [3.05, 3.63) is 41.5 Å². The van der Waals surface area contributed by atoms with Crippen LogP contribution in [-0.4, -0.2) is 101 Å². The van der Waals surface area contributed by atoms with Gasteiger partial charge in [-0.15, -0.1) is 0 Å². The molecule has 1 aliphatic carbocycles. The van der Waals surface area contributed by atoms with Gasteiger partial charge in [0.2, 0.25) is 12.0 Å². The number of aliphatic hydroxyl groups is 3. The average molecular weight is 675 g/mol. The summed E-state index contributed by atoms with van der Waals surface area (Å²) in [7, 11) is 3.06. The molecule has 1 saturated heterocycles. The van der Waals surface area contributed by atoms with E-state index in [1.54, 1.807) is 24.3 Å². The van der Waals surface area contributed by atoms with E-state index in [0.717, 1.165) is 5.56 Å². The molecule has 3 heterocycles. The van der Waals surface area contributed by atoms with Gasteiger partial charge >= 0.3 is 11.9 Å². The van der Waals surface area contributed by atoms with Crippen LogP contribution in [0.4, 0.5) is 0 Å². The Labute approximate surface area is 274 Å². The minimum absolute atomic E-state index is 0.131. The molecule has 1 saturated carbocycles. The molecule has 0 radical (unpaired) electrons. The molecule has 8 atom stereocenters. The van der Waals surface area contributed by atoms with Gasteiger partial charge in [0.05, 0.1) is 26.3 Å². The van der Waals surface area contributed by atoms with Crippen molar-refractivity contribution < 1.29 is 68.0 Å². The number of methoxy groups -OCH3 is 2. The molecule has 2 aromatic rings. The first-order valence-corrected chi connectivity index (χ1v) is 15.4. The van der Waals surface area contributed by atoms with Crippen LogP contribution >= 0.6 is 0 Å². The van der Waals surface area contributed by atoms with Crippen LogP contribution in [0.5, 0.6) is 28.7 Å². The summed E-state index contributed by atoms with van der Waals surface area (Å²) in [5, 5.41) is 41.0. The summed E-state index contributed by atoms with van der Waals surface area (Å²) < 4.78 is 41.2. The summed E-state index contributed by atoms with van der Waals surface area (Å²) in [5.41, 5.74) is 12.3. The summed E-state index contributed by atoms with van der Waals surface area (Å²) >= 11 is 0. The Morgan fingerprint density at radius 1 is 1.00 bits per heavy atom. The van der Waals surface area contributed by atoms with Crippen molar-refractivity contribution in [3.8, 4) is 28.7 Å². The van der Waals surface area contributed by atoms with Crippen molar-refractivity contribution in [2.24, 2.45) is 11.5 Å². The largest absolute Gasteiger partial charge is 0.493 e. The normalized spacial score (nSPS) is 29.1. The van der Waals surface area contributed by atoms with E-state index in [-0.39, 0.29) is 17.5 Å². The Morgan fingerprint density at radius 3 is 2.35 bits per heavy atom. The third-order valence-electron chi connectivity index (χ3n) is 9.36. The van der Waals surface area contributed by atoms with Gasteiger partial charge in [0, 0.05) is 30.0 Å². The van der Waals surface area contributed by atoms with Gasteiger partial charge in [-0.25, -0.2) is 0 Å². The first kappa shape index (κ1) is 33.7. The minimum Gasteiger partial charge on any atom is -0.493 e. The van der Waals surface area contributed by atoms with E-state index < -0.39 is 73.0 Å². The smallest absolute Gasteiger partial charge is 0.317 e. The number of rotatable bonds is 9. The van der Waals surface area contributed by atoms with Crippen molar-refractivity contribution >= 4 is 17.7 Å². The van der Waals surface area contributed by atoms with Crippen LogP contribution in [0.2, 0.25) is 0 Å². The van der Waals surface area contributed by atoms with Gasteiger partial charge < -0.3 is 65.1 Å². The predicted molar refractivity (Wildman–Crippen MR) is 161 cm³/mol. The standard InChI is InChI=1S/C32H38N2O14/c1-42-17-6-5-16-21-25(46-26(16)27(17)43-2)15-4-3-14(11-18(15)48-32(21)9-7-13(35)8-10-32)44-31-24(41)22(39)23(40)28(47-31)29(30(33)34)45-20(38)12-19(36)37/h3-6,11,21-25,28-31,39-41H,7-10,12,33-34H2,1-2H3,(H,36,37)/t21-,22-,23-,24+,25-,28-,29-,31+/m0/s1. The van der Waals surface area contributed by atoms with Gasteiger partial charge in [-0.3, -0.25) is 14.4 Å². The van der Waals surface area contributed by atoms with E-state index in [0.29, 0.717) is 54.2 Å². The maximum absolute atomic E-state index is 12.3. The lowest BCUT2D eigenvalue weighted by Gasteiger charge is -2.47. The number of aliphatic carboxylic acids is 1. The number of carboxylic acid groups (broad SMARTS) is 1. The molecule has 260 valence electrons. The van der Waals surface area contributed by atoms with Crippen molar-refractivity contribution in [2.75, 3.05) is 14.2 Å². The number of ether oxygens (including phenoxy) is 7. The molecule has 0 bridgehead atoms. The highest BCUT2D eigenvalue weighted by atomic mass is 16.7. The third-order valence-corrected chi connectivity index (χ3v) is 9.36. The molecule has 2 fully saturated rings. The monoisotopic (exact) mass is 674 g/mol. The van der Waals surface area contributed by atoms with Crippen molar-refractivity contribution in [1.29, 1.82) is 0 Å². The van der Waals surface area contributed by atoms with Crippen LogP contribution in [0, 0.1) is 0 Å². The average Bonchev–Trinajstić information content (AvgIpc) is 3.45. The Hall–Kier alpha value is -4.19. The molecule has 16 heteroatoms. The lowest BCUT2D eigenvalue weighted by Crippen LogP contribution is -2.66. The van der Waals surface area contributed by atoms with E-state index in [2.05, 4.69) is 0 Å². The number of carbonyl (C=O) groups is 3. The number of carboxylic acids is 1. The van der Waals surface area contributed by atoms with Crippen LogP contribution in [-0.2, 0) is 23.9 Å². The number of benzene rings is 2. The van der Waals surface area contributed by atoms with Crippen LogP contribution < -0.4 is 35.2 Å². The Kier molecular flexibility index (Phi) is 9.14. The maximum atomic E-state index is 12.3. The lowest BCUT2D eigenvalue weighted by atomic mass is 9.68. The van der Waals surface area contributed by atoms with Gasteiger partial charge in [-0.1, -0.05) is 6.07 Å². The van der Waals surface area contributed by atoms with Crippen molar-refractivity contribution in [2.45, 2.75) is 92.7 Å². The summed E-state index contributed by atoms with van der Waals surface area (Å²) in [6.45, 7) is 0. The Balaban J connectivity index is 1.30. The number of hydrogen-bond donors (Lipinski definition) is 6. The Bertz CT molecular complexity index is 1570. The third kappa shape index (κ3) is 5.88. The van der Waals surface area contributed by atoms with Crippen molar-refractivity contribution in [3.63, 3.8) is 0 Å². The fraction of sp³-hybridized carbons (Fsp3) is 0.531. The summed E-state index contributed by atoms with van der Waals surface area (Å²) in [6.07, 6.45) is -11.8. The number of fused-ring (bicyclic) bond motifs is 6. The molecule has 16 nitrogen and oxygen atoms in total. The van der Waals surface area contributed by atoms with Crippen molar-refractivity contribution in [1.82, 2.24) is 0 Å². The summed E-state index contributed by atoms with van der Waals surface area (Å²) in [4.78, 5) is 35.4. The second-order valence-electron chi connectivity index (χ2n) is 12.3. The topological polar surface area (TPSA) is 249 Å². The molecule has 1 spiro atoms. The summed E-state index contributed by atoms with van der Waals surface area (Å²) in [6, 6.07) is 8.59. The molecule has 6 rings (SSSR count). The first-order chi connectivity index (χ1) is 22.9. The molecule has 2 aromatic carbocycles. The number of carbonyl (C=O) groups excluding carboxylic acids is 2. The quantitative estimate of drug-likeness (QED) is 0.116. The second kappa shape index (κ2) is 13.0. The van der Waals surface area contributed by atoms with Gasteiger partial charge in [0.15, 0.2) is 17.6 Å². The number of hydrogen-bond acceptors (Lipinski definition) is 15. The van der Waals surface area contributed by atoms with E-state index in [4.69, 9.17) is 49.7 Å². The minimum atomic E-state index is -1.86. The van der Waals surface area contributed by atoms with Gasteiger partial charge in [0.25, 0.3) is 0 Å². The molecule has 48 heavy (non-hydrogen) atoms. The fourth-order valence-electron chi connectivity index (χ4n) is 7.06. The highest BCUT2D eigenvalue weighted by Crippen LogP contribution is 2.63. The SMILES string of the molecule is COc1ccc2c(c1OC)O[C@H]1c3ccc(O[C@@H]4O[C@H]([C@H](OC(=O)CC(=O)O)C(N)N)[C@@H](O)[C@H](O)[C@H]4O)cc3OC3(CCC(=O)CC3)[C@@H]21. The van der Waals surface area contributed by atoms with E-state index in [1.807, 2.05) is 6.07 Å². The molecule has 4 aliphatic rings. The zero-order chi connectivity index (χ0) is 34.5. The highest BCUT2D eigenvalue weighted by molar-refractivity contribution is 5.90. The number of ketones is 1. The number of esters is 1. The number of aliphatic hydroxyl groups excluding tert-OH is 3. The molecular weight excluding hydrogens is 636 g/mol. The molecular formula is C32H38N2O14. The van der Waals surface area contributed by atoms with Crippen LogP contribution in [0.1, 0.15) is 55.3 Å². The predicted octanol–water partition coefficient (Wildman–Crippen LogP) is 0.0118. The number of nitrogens with two attached hydrogens (primary N) is 2. The van der Waals surface area contributed by atoms with Crippen LogP contribution in [0.15, 0.2) is 30.3 Å². The fourth-order valence-corrected chi connectivity index (χ4v) is 7.06. The van der Waals surface area contributed by atoms with E-state index in [9.17, 15) is 29.7 Å². The van der Waals surface area contributed by atoms with Crippen LogP contribution in [0.25, 0.3) is 0 Å². The summed E-state index contributed by atoms with van der Waals surface area (Å²) in [5.74, 6) is -0.832. The van der Waals surface area contributed by atoms with E-state index in [1.165, 1.54) is 14.2 Å². The van der Waals surface area contributed by atoms with E-state index >= 15 is 0 Å². The van der Waals surface area contributed by atoms with Gasteiger partial charge in [0.1, 0.15) is 59.8 Å². The zero-order valence-corrected chi connectivity index (χ0v) is 26.1. The molecule has 8 N–H and O–H groups in total. The zero-order valence-electron chi connectivity index (χ0n) is 26.1. The molecule has 0 aromatic heterocycles. The molecule has 3 aliphatic heterocycles. The number of Topliss-reactive ketones (excluding diaryl/α,β-unsaturated/α-hetero) is 1. The van der Waals surface area contributed by atoms with Gasteiger partial charge in [-0.2, -0.15) is 0 Å². The highest BCUT2D eigenvalue weighted by Gasteiger charge is 2.57. The Morgan fingerprint density at radius 2 is 1.71 bits per heavy atom. The molecule has 0 unspecified atom stereocenters. The second-order valence-corrected chi connectivity index (χ2v) is 12.3. The lowest BCUT2D eigenvalue weighted by molar-refractivity contribution is -0.291. The first-order valence-electron chi connectivity index (χ1n) is 15.4. The van der Waals surface area contributed by atoms with Gasteiger partial charge in [-0.05, 0) is 31.0 Å². The molecule has 0 amide bonds.